The molecular formula is C15H24O6S. The van der Waals surface area contributed by atoms with Crippen molar-refractivity contribution >= 4 is 10.1 Å². The zero-order valence-corrected chi connectivity index (χ0v) is 14.0. The number of hydrogen-bond donors (Lipinski definition) is 1. The molecule has 22 heavy (non-hydrogen) atoms. The van der Waals surface area contributed by atoms with Gasteiger partial charge in [-0.1, -0.05) is 17.7 Å². The van der Waals surface area contributed by atoms with E-state index >= 15 is 0 Å². The number of ether oxygens (including phenoxy) is 2. The first kappa shape index (κ1) is 19.1. The summed E-state index contributed by atoms with van der Waals surface area (Å²) in [5.41, 5.74) is 0.980. The fourth-order valence-electron chi connectivity index (χ4n) is 1.66. The Balaban J connectivity index is 2.35. The molecule has 0 aliphatic heterocycles. The lowest BCUT2D eigenvalue weighted by atomic mass is 10.2. The minimum absolute atomic E-state index is 0.0467. The SMILES string of the molecule is Cc1ccc(S(=O)(=O)OCCOC(C)C(C)OCCO)cc1. The summed E-state index contributed by atoms with van der Waals surface area (Å²) in [7, 11) is -3.75. The Kier molecular flexibility index (Phi) is 7.98. The van der Waals surface area contributed by atoms with Crippen LogP contribution in [-0.2, 0) is 23.8 Å². The number of aryl methyl sites for hydroxylation is 1. The van der Waals surface area contributed by atoms with E-state index < -0.39 is 10.1 Å². The van der Waals surface area contributed by atoms with Gasteiger partial charge in [0.25, 0.3) is 10.1 Å². The summed E-state index contributed by atoms with van der Waals surface area (Å²) >= 11 is 0. The number of rotatable bonds is 10. The van der Waals surface area contributed by atoms with Gasteiger partial charge in [-0.05, 0) is 32.9 Å². The molecule has 0 radical (unpaired) electrons. The van der Waals surface area contributed by atoms with Crippen molar-refractivity contribution in [2.24, 2.45) is 0 Å². The van der Waals surface area contributed by atoms with Crippen LogP contribution in [0.1, 0.15) is 19.4 Å². The lowest BCUT2D eigenvalue weighted by Gasteiger charge is -2.20. The molecule has 1 aromatic carbocycles. The Labute approximate surface area is 132 Å². The third-order valence-electron chi connectivity index (χ3n) is 3.15. The van der Waals surface area contributed by atoms with Crippen LogP contribution in [0.5, 0.6) is 0 Å². The molecular weight excluding hydrogens is 308 g/mol. The second kappa shape index (κ2) is 9.22. The number of benzene rings is 1. The minimum atomic E-state index is -3.75. The van der Waals surface area contributed by atoms with Crippen LogP contribution in [-0.4, -0.2) is 52.2 Å². The van der Waals surface area contributed by atoms with E-state index in [4.69, 9.17) is 18.8 Å². The van der Waals surface area contributed by atoms with Crippen LogP contribution in [0.2, 0.25) is 0 Å². The first-order valence-corrected chi connectivity index (χ1v) is 8.58. The molecule has 126 valence electrons. The van der Waals surface area contributed by atoms with Crippen molar-refractivity contribution in [3.05, 3.63) is 29.8 Å². The molecule has 0 bridgehead atoms. The number of aliphatic hydroxyl groups excluding tert-OH is 1. The van der Waals surface area contributed by atoms with Gasteiger partial charge in [-0.3, -0.25) is 4.18 Å². The second-order valence-corrected chi connectivity index (χ2v) is 6.58. The lowest BCUT2D eigenvalue weighted by Crippen LogP contribution is -2.28. The smallest absolute Gasteiger partial charge is 0.297 e. The largest absolute Gasteiger partial charge is 0.394 e. The van der Waals surface area contributed by atoms with Crippen molar-refractivity contribution < 1.29 is 27.2 Å². The number of aliphatic hydroxyl groups is 1. The van der Waals surface area contributed by atoms with Gasteiger partial charge in [0.1, 0.15) is 0 Å². The molecule has 7 heteroatoms. The molecule has 0 aliphatic carbocycles. The van der Waals surface area contributed by atoms with E-state index in [-0.39, 0.29) is 43.5 Å². The summed E-state index contributed by atoms with van der Waals surface area (Å²) in [5, 5.41) is 8.67. The quantitative estimate of drug-likeness (QED) is 0.516. The van der Waals surface area contributed by atoms with Crippen LogP contribution in [0.25, 0.3) is 0 Å². The third-order valence-corrected chi connectivity index (χ3v) is 4.47. The topological polar surface area (TPSA) is 82.1 Å². The van der Waals surface area contributed by atoms with E-state index in [9.17, 15) is 8.42 Å². The maximum absolute atomic E-state index is 11.9. The summed E-state index contributed by atoms with van der Waals surface area (Å²) in [6, 6.07) is 6.46. The molecule has 0 spiro atoms. The van der Waals surface area contributed by atoms with Crippen LogP contribution < -0.4 is 0 Å². The van der Waals surface area contributed by atoms with Gasteiger partial charge in [0.05, 0.1) is 43.5 Å². The van der Waals surface area contributed by atoms with Crippen molar-refractivity contribution in [1.82, 2.24) is 0 Å². The summed E-state index contributed by atoms with van der Waals surface area (Å²) < 4.78 is 39.6. The van der Waals surface area contributed by atoms with Crippen molar-refractivity contribution in [2.75, 3.05) is 26.4 Å². The molecule has 6 nitrogen and oxygen atoms in total. The van der Waals surface area contributed by atoms with Crippen molar-refractivity contribution in [3.63, 3.8) is 0 Å². The zero-order valence-electron chi connectivity index (χ0n) is 13.2. The highest BCUT2D eigenvalue weighted by Gasteiger charge is 2.16. The van der Waals surface area contributed by atoms with Crippen LogP contribution in [0.3, 0.4) is 0 Å². The Morgan fingerprint density at radius 2 is 1.55 bits per heavy atom. The molecule has 0 amide bonds. The minimum Gasteiger partial charge on any atom is -0.394 e. The first-order valence-electron chi connectivity index (χ1n) is 7.17. The van der Waals surface area contributed by atoms with Gasteiger partial charge in [0, 0.05) is 0 Å². The van der Waals surface area contributed by atoms with Crippen molar-refractivity contribution in [3.8, 4) is 0 Å². The fraction of sp³-hybridized carbons (Fsp3) is 0.600. The van der Waals surface area contributed by atoms with E-state index in [2.05, 4.69) is 0 Å². The van der Waals surface area contributed by atoms with E-state index in [0.29, 0.717) is 0 Å². The predicted molar refractivity (Wildman–Crippen MR) is 82.2 cm³/mol. The molecule has 0 saturated heterocycles. The maximum Gasteiger partial charge on any atom is 0.297 e. The van der Waals surface area contributed by atoms with Gasteiger partial charge < -0.3 is 14.6 Å². The second-order valence-electron chi connectivity index (χ2n) is 4.96. The number of hydrogen-bond acceptors (Lipinski definition) is 6. The highest BCUT2D eigenvalue weighted by Crippen LogP contribution is 2.13. The molecule has 2 unspecified atom stereocenters. The molecule has 1 aromatic rings. The van der Waals surface area contributed by atoms with E-state index in [1.165, 1.54) is 12.1 Å². The summed E-state index contributed by atoms with van der Waals surface area (Å²) in [5.74, 6) is 0. The molecule has 0 aromatic heterocycles. The van der Waals surface area contributed by atoms with Gasteiger partial charge in [-0.2, -0.15) is 8.42 Å². The maximum atomic E-state index is 11.9. The normalized spacial score (nSPS) is 14.7. The third kappa shape index (κ3) is 6.41. The molecule has 0 heterocycles. The van der Waals surface area contributed by atoms with Crippen LogP contribution in [0.4, 0.5) is 0 Å². The van der Waals surface area contributed by atoms with Gasteiger partial charge in [0.2, 0.25) is 0 Å². The van der Waals surface area contributed by atoms with Gasteiger partial charge in [0.15, 0.2) is 0 Å². The summed E-state index contributed by atoms with van der Waals surface area (Å²) in [6.45, 7) is 5.79. The van der Waals surface area contributed by atoms with E-state index in [0.717, 1.165) is 5.56 Å². The molecule has 0 fully saturated rings. The first-order chi connectivity index (χ1) is 10.4. The fourth-order valence-corrected chi connectivity index (χ4v) is 2.55. The molecule has 1 rings (SSSR count). The highest BCUT2D eigenvalue weighted by molar-refractivity contribution is 7.86. The average Bonchev–Trinajstić information content (AvgIpc) is 2.49. The average molecular weight is 332 g/mol. The zero-order chi connectivity index (χ0) is 16.6. The van der Waals surface area contributed by atoms with Crippen LogP contribution in [0.15, 0.2) is 29.2 Å². The monoisotopic (exact) mass is 332 g/mol. The standard InChI is InChI=1S/C15H24O6S/c1-12-4-6-15(7-5-12)22(17,18)21-11-10-20-14(3)13(2)19-9-8-16/h4-7,13-14,16H,8-11H2,1-3H3. The van der Waals surface area contributed by atoms with Gasteiger partial charge in [-0.25, -0.2) is 0 Å². The Morgan fingerprint density at radius 1 is 1.00 bits per heavy atom. The Hall–Kier alpha value is -0.990. The Morgan fingerprint density at radius 3 is 2.09 bits per heavy atom. The van der Waals surface area contributed by atoms with Crippen LogP contribution >= 0.6 is 0 Å². The van der Waals surface area contributed by atoms with Crippen molar-refractivity contribution in [1.29, 1.82) is 0 Å². The molecule has 1 N–H and O–H groups in total. The highest BCUT2D eigenvalue weighted by atomic mass is 32.2. The predicted octanol–water partition coefficient (Wildman–Crippen LogP) is 1.50. The van der Waals surface area contributed by atoms with Gasteiger partial charge >= 0.3 is 0 Å². The van der Waals surface area contributed by atoms with E-state index in [1.54, 1.807) is 12.1 Å². The molecule has 0 saturated carbocycles. The lowest BCUT2D eigenvalue weighted by molar-refractivity contribution is -0.0676. The molecule has 0 aliphatic rings. The Bertz CT molecular complexity index is 525. The molecule has 2 atom stereocenters. The van der Waals surface area contributed by atoms with Crippen molar-refractivity contribution in [2.45, 2.75) is 37.9 Å². The summed E-state index contributed by atoms with van der Waals surface area (Å²) in [6.07, 6.45) is -0.418. The van der Waals surface area contributed by atoms with Gasteiger partial charge in [-0.15, -0.1) is 0 Å². The summed E-state index contributed by atoms with van der Waals surface area (Å²) in [4.78, 5) is 0.130. The van der Waals surface area contributed by atoms with E-state index in [1.807, 2.05) is 20.8 Å². The van der Waals surface area contributed by atoms with Crippen LogP contribution in [0, 0.1) is 6.92 Å².